The van der Waals surface area contributed by atoms with Crippen molar-refractivity contribution in [1.29, 1.82) is 0 Å². The van der Waals surface area contributed by atoms with E-state index in [0.29, 0.717) is 5.56 Å². The molecule has 0 aliphatic rings. The van der Waals surface area contributed by atoms with Crippen LogP contribution in [0.5, 0.6) is 0 Å². The summed E-state index contributed by atoms with van der Waals surface area (Å²) in [5, 5.41) is 21.3. The fourth-order valence-electron chi connectivity index (χ4n) is 1.42. The lowest BCUT2D eigenvalue weighted by Gasteiger charge is -2.18. The Morgan fingerprint density at radius 3 is 2.00 bits per heavy atom. The van der Waals surface area contributed by atoms with Gasteiger partial charge in [0, 0.05) is 11.6 Å². The van der Waals surface area contributed by atoms with Crippen LogP contribution in [0.2, 0.25) is 0 Å². The van der Waals surface area contributed by atoms with Gasteiger partial charge in [0.25, 0.3) is 11.4 Å². The molecule has 0 heterocycles. The van der Waals surface area contributed by atoms with Crippen molar-refractivity contribution in [3.8, 4) is 0 Å². The summed E-state index contributed by atoms with van der Waals surface area (Å²) in [4.78, 5) is 20.1. The van der Waals surface area contributed by atoms with E-state index in [4.69, 9.17) is 0 Å². The highest BCUT2D eigenvalue weighted by Crippen LogP contribution is 2.33. The molecule has 0 saturated heterocycles. The fraction of sp³-hybridized carbons (Fsp3) is 0.400. The van der Waals surface area contributed by atoms with Gasteiger partial charge in [0.05, 0.1) is 15.9 Å². The quantitative estimate of drug-likeness (QED) is 0.570. The van der Waals surface area contributed by atoms with Gasteiger partial charge >= 0.3 is 0 Å². The summed E-state index contributed by atoms with van der Waals surface area (Å²) in [6.07, 6.45) is 0. The minimum atomic E-state index is -0.639. The molecule has 0 aromatic heterocycles. The van der Waals surface area contributed by atoms with Crippen molar-refractivity contribution in [2.75, 3.05) is 0 Å². The average molecular weight is 224 g/mol. The molecule has 0 bridgehead atoms. The Morgan fingerprint density at radius 1 is 1.06 bits per heavy atom. The van der Waals surface area contributed by atoms with Crippen molar-refractivity contribution in [2.24, 2.45) is 0 Å². The number of hydrogen-bond donors (Lipinski definition) is 0. The van der Waals surface area contributed by atoms with Crippen LogP contribution in [0, 0.1) is 20.2 Å². The second-order valence-electron chi connectivity index (χ2n) is 4.47. The lowest BCUT2D eigenvalue weighted by atomic mass is 9.86. The van der Waals surface area contributed by atoms with Crippen molar-refractivity contribution >= 4 is 11.4 Å². The Labute approximate surface area is 92.2 Å². The predicted molar refractivity (Wildman–Crippen MR) is 58.5 cm³/mol. The minimum absolute atomic E-state index is 0.207. The first kappa shape index (κ1) is 12.1. The van der Waals surface area contributed by atoms with Crippen LogP contribution in [0.15, 0.2) is 18.2 Å². The first-order chi connectivity index (χ1) is 7.23. The molecule has 1 aromatic rings. The third-order valence-electron chi connectivity index (χ3n) is 2.20. The van der Waals surface area contributed by atoms with Gasteiger partial charge in [-0.15, -0.1) is 0 Å². The van der Waals surface area contributed by atoms with Crippen LogP contribution in [0.1, 0.15) is 26.3 Å². The van der Waals surface area contributed by atoms with E-state index >= 15 is 0 Å². The molecule has 0 unspecified atom stereocenters. The van der Waals surface area contributed by atoms with Crippen LogP contribution < -0.4 is 0 Å². The van der Waals surface area contributed by atoms with Gasteiger partial charge in [-0.25, -0.2) is 0 Å². The molecule has 16 heavy (non-hydrogen) atoms. The first-order valence-electron chi connectivity index (χ1n) is 4.67. The van der Waals surface area contributed by atoms with Gasteiger partial charge < -0.3 is 0 Å². The van der Waals surface area contributed by atoms with E-state index in [1.807, 2.05) is 20.8 Å². The molecule has 0 spiro atoms. The van der Waals surface area contributed by atoms with Crippen LogP contribution >= 0.6 is 0 Å². The highest BCUT2D eigenvalue weighted by Gasteiger charge is 2.27. The number of benzene rings is 1. The Hall–Kier alpha value is -1.98. The zero-order valence-electron chi connectivity index (χ0n) is 9.26. The maximum atomic E-state index is 10.8. The second kappa shape index (κ2) is 3.88. The van der Waals surface area contributed by atoms with E-state index < -0.39 is 15.3 Å². The molecule has 0 aliphatic carbocycles. The van der Waals surface area contributed by atoms with E-state index in [9.17, 15) is 20.2 Å². The van der Waals surface area contributed by atoms with Gasteiger partial charge in [-0.2, -0.15) is 0 Å². The summed E-state index contributed by atoms with van der Waals surface area (Å²) in [7, 11) is 0. The predicted octanol–water partition coefficient (Wildman–Crippen LogP) is 2.80. The zero-order chi connectivity index (χ0) is 12.5. The van der Waals surface area contributed by atoms with Crippen LogP contribution in [-0.4, -0.2) is 9.85 Å². The molecule has 0 fully saturated rings. The Bertz CT molecular complexity index is 449. The van der Waals surface area contributed by atoms with Crippen LogP contribution in [0.3, 0.4) is 0 Å². The molecule has 86 valence electrons. The number of hydrogen-bond acceptors (Lipinski definition) is 4. The lowest BCUT2D eigenvalue weighted by molar-refractivity contribution is -0.394. The largest absolute Gasteiger partial charge is 0.279 e. The van der Waals surface area contributed by atoms with Crippen molar-refractivity contribution in [3.63, 3.8) is 0 Å². The number of rotatable bonds is 2. The molecule has 6 heteroatoms. The smallest absolute Gasteiger partial charge is 0.258 e. The Kier molecular flexibility index (Phi) is 2.93. The summed E-state index contributed by atoms with van der Waals surface area (Å²) >= 11 is 0. The first-order valence-corrected chi connectivity index (χ1v) is 4.67. The maximum absolute atomic E-state index is 10.8. The van der Waals surface area contributed by atoms with E-state index in [1.54, 1.807) is 0 Å². The summed E-state index contributed by atoms with van der Waals surface area (Å²) in [6, 6.07) is 3.73. The summed E-state index contributed by atoms with van der Waals surface area (Å²) in [6.45, 7) is 5.46. The Balaban J connectivity index is 3.43. The number of nitro benzene ring substituents is 2. The molecular formula is C10H12N2O4. The van der Waals surface area contributed by atoms with E-state index in [-0.39, 0.29) is 11.4 Å². The third kappa shape index (κ3) is 2.33. The molecular weight excluding hydrogens is 212 g/mol. The van der Waals surface area contributed by atoms with E-state index in [1.165, 1.54) is 12.1 Å². The minimum Gasteiger partial charge on any atom is -0.258 e. The number of non-ortho nitro benzene ring substituents is 1. The average Bonchev–Trinajstić information content (AvgIpc) is 2.15. The molecule has 0 atom stereocenters. The normalized spacial score (nSPS) is 11.2. The zero-order valence-corrected chi connectivity index (χ0v) is 9.26. The van der Waals surface area contributed by atoms with Crippen molar-refractivity contribution in [2.45, 2.75) is 26.2 Å². The molecule has 0 radical (unpaired) electrons. The van der Waals surface area contributed by atoms with Crippen LogP contribution in [-0.2, 0) is 5.41 Å². The van der Waals surface area contributed by atoms with E-state index in [0.717, 1.165) is 6.07 Å². The Morgan fingerprint density at radius 2 is 1.62 bits per heavy atom. The SMILES string of the molecule is CC(C)(C)c1ccc([N+](=O)[O-])cc1[N+](=O)[O-]. The lowest BCUT2D eigenvalue weighted by Crippen LogP contribution is -2.13. The number of nitro groups is 2. The molecule has 0 N–H and O–H groups in total. The topological polar surface area (TPSA) is 86.3 Å². The van der Waals surface area contributed by atoms with Gasteiger partial charge in [0.15, 0.2) is 0 Å². The molecule has 1 rings (SSSR count). The van der Waals surface area contributed by atoms with E-state index in [2.05, 4.69) is 0 Å². The molecule has 6 nitrogen and oxygen atoms in total. The van der Waals surface area contributed by atoms with Gasteiger partial charge in [0.2, 0.25) is 0 Å². The van der Waals surface area contributed by atoms with Gasteiger partial charge in [-0.05, 0) is 11.5 Å². The molecule has 0 saturated carbocycles. The molecule has 0 amide bonds. The maximum Gasteiger partial charge on any atom is 0.279 e. The van der Waals surface area contributed by atoms with Crippen molar-refractivity contribution in [3.05, 3.63) is 44.0 Å². The molecule has 1 aromatic carbocycles. The van der Waals surface area contributed by atoms with Crippen molar-refractivity contribution in [1.82, 2.24) is 0 Å². The summed E-state index contributed by atoms with van der Waals surface area (Å²) in [5.74, 6) is 0. The summed E-state index contributed by atoms with van der Waals surface area (Å²) in [5.41, 5.74) is -0.401. The highest BCUT2D eigenvalue weighted by atomic mass is 16.6. The van der Waals surface area contributed by atoms with Gasteiger partial charge in [0.1, 0.15) is 0 Å². The summed E-state index contributed by atoms with van der Waals surface area (Å²) < 4.78 is 0. The highest BCUT2D eigenvalue weighted by molar-refractivity contribution is 5.51. The monoisotopic (exact) mass is 224 g/mol. The third-order valence-corrected chi connectivity index (χ3v) is 2.20. The van der Waals surface area contributed by atoms with Crippen LogP contribution in [0.4, 0.5) is 11.4 Å². The van der Waals surface area contributed by atoms with Crippen LogP contribution in [0.25, 0.3) is 0 Å². The van der Waals surface area contributed by atoms with Crippen molar-refractivity contribution < 1.29 is 9.85 Å². The second-order valence-corrected chi connectivity index (χ2v) is 4.47. The standard InChI is InChI=1S/C10H12N2O4/c1-10(2,3)8-5-4-7(11(13)14)6-9(8)12(15)16/h4-6H,1-3H3. The number of nitrogens with zero attached hydrogens (tertiary/aromatic N) is 2. The van der Waals surface area contributed by atoms with Gasteiger partial charge in [-0.1, -0.05) is 20.8 Å². The fourth-order valence-corrected chi connectivity index (χ4v) is 1.42. The molecule has 0 aliphatic heterocycles. The van der Waals surface area contributed by atoms with Gasteiger partial charge in [-0.3, -0.25) is 20.2 Å².